The van der Waals surface area contributed by atoms with Gasteiger partial charge in [-0.15, -0.1) is 11.3 Å². The molecule has 1 amide bonds. The molecule has 0 aliphatic carbocycles. The lowest BCUT2D eigenvalue weighted by Gasteiger charge is -2.12. The number of amides is 1. The molecule has 0 aliphatic rings. The minimum atomic E-state index is -0.0322. The molecule has 4 aromatic rings. The fourth-order valence-corrected chi connectivity index (χ4v) is 4.57. The molecule has 3 nitrogen and oxygen atoms in total. The Balaban J connectivity index is 1.64. The Morgan fingerprint density at radius 1 is 0.929 bits per heavy atom. The van der Waals surface area contributed by atoms with Gasteiger partial charge >= 0.3 is 0 Å². The molecule has 0 saturated carbocycles. The highest BCUT2D eigenvalue weighted by atomic mass is 32.1. The van der Waals surface area contributed by atoms with Crippen molar-refractivity contribution >= 4 is 27.5 Å². The summed E-state index contributed by atoms with van der Waals surface area (Å²) in [7, 11) is 0. The molecule has 0 radical (unpaired) electrons. The van der Waals surface area contributed by atoms with E-state index >= 15 is 0 Å². The number of fused-ring (bicyclic) bond motifs is 1. The fraction of sp³-hybridized carbons (Fsp3) is 0.208. The average molecular weight is 389 g/mol. The number of hydrogen-bond acceptors (Lipinski definition) is 2. The van der Waals surface area contributed by atoms with Crippen LogP contribution in [0.15, 0.2) is 60.7 Å². The third-order valence-corrected chi connectivity index (χ3v) is 5.89. The molecule has 1 N–H and O–H groups in total. The Morgan fingerprint density at radius 2 is 1.61 bits per heavy atom. The van der Waals surface area contributed by atoms with Crippen molar-refractivity contribution in [3.63, 3.8) is 0 Å². The predicted molar refractivity (Wildman–Crippen MR) is 117 cm³/mol. The van der Waals surface area contributed by atoms with Crippen molar-refractivity contribution < 1.29 is 4.79 Å². The van der Waals surface area contributed by atoms with Crippen LogP contribution in [0.25, 0.3) is 10.2 Å². The molecule has 0 saturated heterocycles. The molecule has 4 heteroatoms. The van der Waals surface area contributed by atoms with Crippen LogP contribution in [0.2, 0.25) is 0 Å². The number of nitrogens with zero attached hydrogens (tertiary/aromatic N) is 1. The molecule has 0 fully saturated rings. The lowest BCUT2D eigenvalue weighted by Crippen LogP contribution is -2.25. The summed E-state index contributed by atoms with van der Waals surface area (Å²) in [6, 6.07) is 20.9. The molecule has 28 heavy (non-hydrogen) atoms. The smallest absolute Gasteiger partial charge is 0.268 e. The quantitative estimate of drug-likeness (QED) is 0.474. The molecule has 4 rings (SSSR count). The number of benzene rings is 2. The van der Waals surface area contributed by atoms with Crippen LogP contribution in [0, 0.1) is 20.8 Å². The summed E-state index contributed by atoms with van der Waals surface area (Å²) in [5.41, 5.74) is 6.59. The maximum Gasteiger partial charge on any atom is 0.268 e. The lowest BCUT2D eigenvalue weighted by atomic mass is 10.1. The maximum atomic E-state index is 13.0. The van der Waals surface area contributed by atoms with Gasteiger partial charge in [0.25, 0.3) is 5.91 Å². The van der Waals surface area contributed by atoms with Crippen LogP contribution < -0.4 is 5.32 Å². The first-order valence-corrected chi connectivity index (χ1v) is 10.3. The van der Waals surface area contributed by atoms with Crippen LogP contribution >= 0.6 is 11.3 Å². The monoisotopic (exact) mass is 388 g/mol. The van der Waals surface area contributed by atoms with Gasteiger partial charge in [0, 0.05) is 18.0 Å². The van der Waals surface area contributed by atoms with E-state index in [1.165, 1.54) is 21.6 Å². The predicted octanol–water partition coefficient (Wildman–Crippen LogP) is 5.61. The number of rotatable bonds is 5. The Labute approximate surface area is 169 Å². The minimum Gasteiger partial charge on any atom is -0.347 e. The lowest BCUT2D eigenvalue weighted by molar-refractivity contribution is 0.0942. The van der Waals surface area contributed by atoms with Crippen LogP contribution in [0.4, 0.5) is 0 Å². The van der Waals surface area contributed by atoms with Crippen LogP contribution in [-0.2, 0) is 13.1 Å². The second-order valence-electron chi connectivity index (χ2n) is 7.38. The number of carbonyl (C=O) groups is 1. The number of carbonyl (C=O) groups excluding carboxylic acids is 1. The van der Waals surface area contributed by atoms with Crippen molar-refractivity contribution in [1.29, 1.82) is 0 Å². The van der Waals surface area contributed by atoms with Gasteiger partial charge in [-0.05, 0) is 44.0 Å². The summed E-state index contributed by atoms with van der Waals surface area (Å²) in [6.45, 7) is 7.49. The molecule has 2 heterocycles. The van der Waals surface area contributed by atoms with E-state index in [-0.39, 0.29) is 5.91 Å². The molecule has 0 unspecified atom stereocenters. The van der Waals surface area contributed by atoms with Crippen molar-refractivity contribution in [3.8, 4) is 0 Å². The van der Waals surface area contributed by atoms with Crippen LogP contribution in [0.1, 0.15) is 37.6 Å². The molecule has 0 bridgehead atoms. The average Bonchev–Trinajstić information content (AvgIpc) is 3.17. The number of hydrogen-bond donors (Lipinski definition) is 1. The molecule has 2 aromatic carbocycles. The van der Waals surface area contributed by atoms with E-state index in [0.717, 1.165) is 21.5 Å². The zero-order valence-electron chi connectivity index (χ0n) is 16.5. The number of nitrogens with one attached hydrogen (secondary N) is 1. The highest BCUT2D eigenvalue weighted by molar-refractivity contribution is 7.19. The van der Waals surface area contributed by atoms with Gasteiger partial charge in [0.1, 0.15) is 5.69 Å². The third-order valence-electron chi connectivity index (χ3n) is 4.90. The Morgan fingerprint density at radius 3 is 2.32 bits per heavy atom. The van der Waals surface area contributed by atoms with Gasteiger partial charge in [0.2, 0.25) is 0 Å². The van der Waals surface area contributed by atoms with E-state index in [0.29, 0.717) is 13.1 Å². The summed E-state index contributed by atoms with van der Waals surface area (Å²) < 4.78 is 3.30. The topological polar surface area (TPSA) is 34.0 Å². The summed E-state index contributed by atoms with van der Waals surface area (Å²) in [5, 5.41) is 3.09. The van der Waals surface area contributed by atoms with Crippen LogP contribution in [-0.4, -0.2) is 10.5 Å². The first-order valence-electron chi connectivity index (χ1n) is 9.48. The molecular weight excluding hydrogens is 364 g/mol. The molecule has 0 aliphatic heterocycles. The third kappa shape index (κ3) is 3.87. The van der Waals surface area contributed by atoms with Gasteiger partial charge in [-0.25, -0.2) is 0 Å². The molecule has 142 valence electrons. The summed E-state index contributed by atoms with van der Waals surface area (Å²) >= 11 is 1.73. The first kappa shape index (κ1) is 18.5. The Hall–Kier alpha value is -2.85. The van der Waals surface area contributed by atoms with Crippen molar-refractivity contribution in [1.82, 2.24) is 9.88 Å². The van der Waals surface area contributed by atoms with Crippen molar-refractivity contribution in [3.05, 3.63) is 93.5 Å². The summed E-state index contributed by atoms with van der Waals surface area (Å²) in [5.74, 6) is -0.0322. The normalized spacial score (nSPS) is 11.1. The number of thiophene rings is 1. The van der Waals surface area contributed by atoms with Crippen molar-refractivity contribution in [2.45, 2.75) is 33.9 Å². The van der Waals surface area contributed by atoms with E-state index in [4.69, 9.17) is 0 Å². The van der Waals surface area contributed by atoms with E-state index in [2.05, 4.69) is 73.1 Å². The molecule has 2 aromatic heterocycles. The first-order chi connectivity index (χ1) is 13.5. The molecule has 0 spiro atoms. The van der Waals surface area contributed by atoms with Gasteiger partial charge in [0.05, 0.1) is 10.2 Å². The Bertz CT molecular complexity index is 1150. The Kier molecular flexibility index (Phi) is 5.05. The van der Waals surface area contributed by atoms with E-state index in [1.54, 1.807) is 11.3 Å². The summed E-state index contributed by atoms with van der Waals surface area (Å²) in [6.07, 6.45) is 0. The fourth-order valence-electron chi connectivity index (χ4n) is 3.61. The van der Waals surface area contributed by atoms with Gasteiger partial charge in [0.15, 0.2) is 0 Å². The SMILES string of the molecule is Cc1cccc(CNC(=O)c2cc3sc(C)cc3n2Cc2cccc(C)c2)c1. The van der Waals surface area contributed by atoms with E-state index in [1.807, 2.05) is 18.2 Å². The zero-order valence-corrected chi connectivity index (χ0v) is 17.3. The highest BCUT2D eigenvalue weighted by Gasteiger charge is 2.17. The standard InChI is InChI=1S/C24H24N2OS/c1-16-6-4-8-19(10-16)14-25-24(27)22-13-23-21(12-18(3)28-23)26(22)15-20-9-5-7-17(2)11-20/h4-13H,14-15H2,1-3H3,(H,25,27). The van der Waals surface area contributed by atoms with Crippen LogP contribution in [0.3, 0.4) is 0 Å². The van der Waals surface area contributed by atoms with E-state index in [9.17, 15) is 4.79 Å². The van der Waals surface area contributed by atoms with E-state index < -0.39 is 0 Å². The van der Waals surface area contributed by atoms with Crippen molar-refractivity contribution in [2.24, 2.45) is 0 Å². The number of aryl methyl sites for hydroxylation is 3. The molecular formula is C24H24N2OS. The van der Waals surface area contributed by atoms with Crippen LogP contribution in [0.5, 0.6) is 0 Å². The van der Waals surface area contributed by atoms with Crippen molar-refractivity contribution in [2.75, 3.05) is 0 Å². The van der Waals surface area contributed by atoms with Gasteiger partial charge in [-0.1, -0.05) is 59.7 Å². The molecule has 0 atom stereocenters. The second kappa shape index (κ2) is 7.64. The van der Waals surface area contributed by atoms with Gasteiger partial charge < -0.3 is 9.88 Å². The summed E-state index contributed by atoms with van der Waals surface area (Å²) in [4.78, 5) is 14.3. The second-order valence-corrected chi connectivity index (χ2v) is 8.67. The minimum absolute atomic E-state index is 0.0322. The largest absolute Gasteiger partial charge is 0.347 e. The number of aromatic nitrogens is 1. The zero-order chi connectivity index (χ0) is 19.7. The van der Waals surface area contributed by atoms with Gasteiger partial charge in [-0.3, -0.25) is 4.79 Å². The maximum absolute atomic E-state index is 13.0. The van der Waals surface area contributed by atoms with Gasteiger partial charge in [-0.2, -0.15) is 0 Å². The highest BCUT2D eigenvalue weighted by Crippen LogP contribution is 2.29.